The van der Waals surface area contributed by atoms with Gasteiger partial charge in [0.25, 0.3) is 0 Å². The standard InChI is InChI=1S/C25H25N/c1-3-11-19(12-4-1)24-21-15-7-8-16-22(21)26-18-10-9-17-23(26)25(24)20-13-5-2-6-14-20/h1-8,11-16,23-25H,9-10,17-18H2/t23-,24-,25+/m1/s1. The number of para-hydroxylation sites is 1. The Balaban J connectivity index is 1.74. The van der Waals surface area contributed by atoms with Gasteiger partial charge >= 0.3 is 0 Å². The Morgan fingerprint density at radius 1 is 0.654 bits per heavy atom. The van der Waals surface area contributed by atoms with Gasteiger partial charge in [0, 0.05) is 30.1 Å². The lowest BCUT2D eigenvalue weighted by molar-refractivity contribution is 0.362. The minimum Gasteiger partial charge on any atom is -0.368 e. The zero-order chi connectivity index (χ0) is 17.3. The Labute approximate surface area is 156 Å². The van der Waals surface area contributed by atoms with Crippen LogP contribution in [0.3, 0.4) is 0 Å². The molecular formula is C25H25N. The summed E-state index contributed by atoms with van der Waals surface area (Å²) >= 11 is 0. The van der Waals surface area contributed by atoms with Crippen molar-refractivity contribution in [3.63, 3.8) is 0 Å². The van der Waals surface area contributed by atoms with Crippen LogP contribution in [0, 0.1) is 0 Å². The van der Waals surface area contributed by atoms with Crippen molar-refractivity contribution in [2.24, 2.45) is 0 Å². The molecule has 1 fully saturated rings. The van der Waals surface area contributed by atoms with Gasteiger partial charge in [-0.15, -0.1) is 0 Å². The minimum absolute atomic E-state index is 0.425. The van der Waals surface area contributed by atoms with E-state index in [9.17, 15) is 0 Å². The molecule has 0 aliphatic carbocycles. The summed E-state index contributed by atoms with van der Waals surface area (Å²) < 4.78 is 0. The van der Waals surface area contributed by atoms with Gasteiger partial charge in [-0.1, -0.05) is 78.9 Å². The van der Waals surface area contributed by atoms with Gasteiger partial charge in [-0.3, -0.25) is 0 Å². The lowest BCUT2D eigenvalue weighted by Gasteiger charge is -2.50. The molecule has 1 nitrogen and oxygen atoms in total. The fourth-order valence-corrected chi connectivity index (χ4v) is 5.19. The van der Waals surface area contributed by atoms with Crippen molar-refractivity contribution in [2.45, 2.75) is 37.1 Å². The number of anilines is 1. The third kappa shape index (κ3) is 2.54. The van der Waals surface area contributed by atoms with Crippen molar-refractivity contribution in [1.29, 1.82) is 0 Å². The Morgan fingerprint density at radius 3 is 2.08 bits per heavy atom. The van der Waals surface area contributed by atoms with Crippen molar-refractivity contribution in [3.05, 3.63) is 102 Å². The number of benzene rings is 3. The first-order valence-electron chi connectivity index (χ1n) is 9.89. The molecule has 0 spiro atoms. The monoisotopic (exact) mass is 339 g/mol. The number of fused-ring (bicyclic) bond motifs is 3. The fourth-order valence-electron chi connectivity index (χ4n) is 5.19. The van der Waals surface area contributed by atoms with Gasteiger partial charge in [-0.05, 0) is 42.0 Å². The van der Waals surface area contributed by atoms with Crippen molar-refractivity contribution in [3.8, 4) is 0 Å². The smallest absolute Gasteiger partial charge is 0.0407 e. The van der Waals surface area contributed by atoms with E-state index in [2.05, 4.69) is 89.8 Å². The molecule has 1 heteroatoms. The van der Waals surface area contributed by atoms with E-state index >= 15 is 0 Å². The molecule has 0 saturated carbocycles. The molecular weight excluding hydrogens is 314 g/mol. The molecule has 1 saturated heterocycles. The molecule has 0 N–H and O–H groups in total. The molecule has 0 unspecified atom stereocenters. The maximum absolute atomic E-state index is 2.70. The third-order valence-corrected chi connectivity index (χ3v) is 6.25. The predicted molar refractivity (Wildman–Crippen MR) is 109 cm³/mol. The maximum Gasteiger partial charge on any atom is 0.0407 e. The molecule has 3 aromatic carbocycles. The number of piperidine rings is 1. The molecule has 2 aliphatic rings. The average Bonchev–Trinajstić information content (AvgIpc) is 2.74. The largest absolute Gasteiger partial charge is 0.368 e. The molecule has 0 radical (unpaired) electrons. The summed E-state index contributed by atoms with van der Waals surface area (Å²) in [7, 11) is 0. The van der Waals surface area contributed by atoms with E-state index in [0.29, 0.717) is 17.9 Å². The fraction of sp³-hybridized carbons (Fsp3) is 0.280. The Kier molecular flexibility index (Phi) is 4.01. The summed E-state index contributed by atoms with van der Waals surface area (Å²) in [6.07, 6.45) is 3.94. The van der Waals surface area contributed by atoms with E-state index in [1.165, 1.54) is 48.2 Å². The number of rotatable bonds is 2. The summed E-state index contributed by atoms with van der Waals surface area (Å²) in [5.74, 6) is 0.933. The SMILES string of the molecule is c1ccc([C@@H]2c3ccccc3N3CCCC[C@@H]3[C@@H]2c2ccccc2)cc1. The van der Waals surface area contributed by atoms with Gasteiger partial charge in [-0.2, -0.15) is 0 Å². The zero-order valence-electron chi connectivity index (χ0n) is 15.1. The maximum atomic E-state index is 2.70. The summed E-state index contributed by atoms with van der Waals surface area (Å²) in [6.45, 7) is 1.19. The highest BCUT2D eigenvalue weighted by Gasteiger charge is 2.42. The number of hydrogen-bond acceptors (Lipinski definition) is 1. The van der Waals surface area contributed by atoms with Gasteiger partial charge in [0.05, 0.1) is 0 Å². The van der Waals surface area contributed by atoms with Crippen molar-refractivity contribution in [1.82, 2.24) is 0 Å². The van der Waals surface area contributed by atoms with E-state index in [1.54, 1.807) is 0 Å². The molecule has 5 rings (SSSR count). The number of nitrogens with zero attached hydrogens (tertiary/aromatic N) is 1. The molecule has 2 heterocycles. The van der Waals surface area contributed by atoms with Crippen molar-refractivity contribution < 1.29 is 0 Å². The molecule has 3 aromatic rings. The molecule has 130 valence electrons. The highest BCUT2D eigenvalue weighted by atomic mass is 15.2. The molecule has 0 amide bonds. The van der Waals surface area contributed by atoms with Crippen molar-refractivity contribution in [2.75, 3.05) is 11.4 Å². The van der Waals surface area contributed by atoms with Gasteiger partial charge in [0.15, 0.2) is 0 Å². The van der Waals surface area contributed by atoms with Crippen LogP contribution in [0.1, 0.15) is 47.8 Å². The lowest BCUT2D eigenvalue weighted by atomic mass is 9.68. The van der Waals surface area contributed by atoms with Gasteiger partial charge in [0.2, 0.25) is 0 Å². The van der Waals surface area contributed by atoms with Crippen LogP contribution < -0.4 is 4.90 Å². The van der Waals surface area contributed by atoms with Gasteiger partial charge < -0.3 is 4.90 Å². The second-order valence-electron chi connectivity index (χ2n) is 7.64. The summed E-state index contributed by atoms with van der Waals surface area (Å²) in [5.41, 5.74) is 5.87. The van der Waals surface area contributed by atoms with Crippen LogP contribution in [0.2, 0.25) is 0 Å². The molecule has 26 heavy (non-hydrogen) atoms. The first kappa shape index (κ1) is 15.7. The summed E-state index contributed by atoms with van der Waals surface area (Å²) in [5, 5.41) is 0. The molecule has 0 aromatic heterocycles. The van der Waals surface area contributed by atoms with Crippen LogP contribution in [0.4, 0.5) is 5.69 Å². The van der Waals surface area contributed by atoms with Crippen LogP contribution in [0.5, 0.6) is 0 Å². The number of hydrogen-bond donors (Lipinski definition) is 0. The second kappa shape index (κ2) is 6.64. The van der Waals surface area contributed by atoms with E-state index in [0.717, 1.165) is 0 Å². The van der Waals surface area contributed by atoms with E-state index in [-0.39, 0.29) is 0 Å². The van der Waals surface area contributed by atoms with Crippen LogP contribution in [0.25, 0.3) is 0 Å². The molecule has 3 atom stereocenters. The van der Waals surface area contributed by atoms with Crippen molar-refractivity contribution >= 4 is 5.69 Å². The van der Waals surface area contributed by atoms with Crippen LogP contribution in [-0.2, 0) is 0 Å². The van der Waals surface area contributed by atoms with Crippen LogP contribution >= 0.6 is 0 Å². The zero-order valence-corrected chi connectivity index (χ0v) is 15.1. The van der Waals surface area contributed by atoms with Crippen LogP contribution in [0.15, 0.2) is 84.9 Å². The predicted octanol–water partition coefficient (Wildman–Crippen LogP) is 5.97. The van der Waals surface area contributed by atoms with Gasteiger partial charge in [-0.25, -0.2) is 0 Å². The Bertz CT molecular complexity index is 871. The normalized spacial score (nSPS) is 24.6. The highest BCUT2D eigenvalue weighted by Crippen LogP contribution is 2.52. The quantitative estimate of drug-likeness (QED) is 0.555. The average molecular weight is 339 g/mol. The third-order valence-electron chi connectivity index (χ3n) is 6.25. The topological polar surface area (TPSA) is 3.24 Å². The lowest BCUT2D eigenvalue weighted by Crippen LogP contribution is -2.48. The van der Waals surface area contributed by atoms with E-state index < -0.39 is 0 Å². The Hall–Kier alpha value is -2.54. The molecule has 2 aliphatic heterocycles. The van der Waals surface area contributed by atoms with Gasteiger partial charge in [0.1, 0.15) is 0 Å². The Morgan fingerprint density at radius 2 is 1.31 bits per heavy atom. The summed E-state index contributed by atoms with van der Waals surface area (Å²) in [4.78, 5) is 2.70. The second-order valence-corrected chi connectivity index (χ2v) is 7.64. The first-order valence-corrected chi connectivity index (χ1v) is 9.89. The summed E-state index contributed by atoms with van der Waals surface area (Å²) in [6, 6.07) is 32.0. The minimum atomic E-state index is 0.425. The van der Waals surface area contributed by atoms with E-state index in [1.807, 2.05) is 0 Å². The first-order chi connectivity index (χ1) is 12.9. The van der Waals surface area contributed by atoms with E-state index in [4.69, 9.17) is 0 Å². The molecule has 0 bridgehead atoms. The highest BCUT2D eigenvalue weighted by molar-refractivity contribution is 5.63. The van der Waals surface area contributed by atoms with Crippen LogP contribution in [-0.4, -0.2) is 12.6 Å².